The predicted molar refractivity (Wildman–Crippen MR) is 71.8 cm³/mol. The van der Waals surface area contributed by atoms with Crippen molar-refractivity contribution in [2.75, 3.05) is 26.3 Å². The zero-order chi connectivity index (χ0) is 12.6. The Bertz CT molecular complexity index is 164. The van der Waals surface area contributed by atoms with Gasteiger partial charge in [-0.1, -0.05) is 41.5 Å². The Morgan fingerprint density at radius 3 is 2.19 bits per heavy atom. The average molecular weight is 229 g/mol. The molecule has 0 aromatic heterocycles. The Morgan fingerprint density at radius 2 is 1.69 bits per heavy atom. The highest BCUT2D eigenvalue weighted by Gasteiger charge is 2.21. The molecule has 0 unspecified atom stereocenters. The zero-order valence-corrected chi connectivity index (χ0v) is 12.1. The summed E-state index contributed by atoms with van der Waals surface area (Å²) in [5.41, 5.74) is 0.373. The lowest BCUT2D eigenvalue weighted by Crippen LogP contribution is -2.35. The van der Waals surface area contributed by atoms with Gasteiger partial charge in [0, 0.05) is 19.7 Å². The molecule has 0 saturated heterocycles. The van der Waals surface area contributed by atoms with Crippen LogP contribution in [-0.2, 0) is 4.74 Å². The van der Waals surface area contributed by atoms with Gasteiger partial charge in [-0.2, -0.15) is 0 Å². The lowest BCUT2D eigenvalue weighted by molar-refractivity contribution is 0.121. The van der Waals surface area contributed by atoms with Crippen molar-refractivity contribution in [2.45, 2.75) is 48.0 Å². The van der Waals surface area contributed by atoms with Gasteiger partial charge in [-0.05, 0) is 23.7 Å². The van der Waals surface area contributed by atoms with Crippen molar-refractivity contribution in [1.82, 2.24) is 5.32 Å². The van der Waals surface area contributed by atoms with Gasteiger partial charge in [0.15, 0.2) is 0 Å². The van der Waals surface area contributed by atoms with E-state index in [2.05, 4.69) is 46.9 Å². The first kappa shape index (κ1) is 15.9. The van der Waals surface area contributed by atoms with E-state index in [1.807, 2.05) is 0 Å². The smallest absolute Gasteiger partial charge is 0.0590 e. The summed E-state index contributed by atoms with van der Waals surface area (Å²) >= 11 is 0. The van der Waals surface area contributed by atoms with Crippen molar-refractivity contribution in [3.63, 3.8) is 0 Å². The molecular weight excluding hydrogens is 198 g/mol. The highest BCUT2D eigenvalue weighted by Crippen LogP contribution is 2.24. The van der Waals surface area contributed by atoms with Crippen molar-refractivity contribution >= 4 is 0 Å². The molecule has 16 heavy (non-hydrogen) atoms. The molecular formula is C14H31NO. The maximum Gasteiger partial charge on any atom is 0.0590 e. The minimum atomic E-state index is 0.373. The first-order valence-electron chi connectivity index (χ1n) is 6.64. The van der Waals surface area contributed by atoms with Gasteiger partial charge in [0.05, 0.1) is 6.61 Å². The van der Waals surface area contributed by atoms with E-state index < -0.39 is 0 Å². The molecule has 0 atom stereocenters. The topological polar surface area (TPSA) is 21.3 Å². The van der Waals surface area contributed by atoms with Crippen molar-refractivity contribution < 1.29 is 4.74 Å². The van der Waals surface area contributed by atoms with E-state index in [0.717, 1.165) is 38.6 Å². The molecule has 0 aliphatic carbocycles. The van der Waals surface area contributed by atoms with E-state index in [1.54, 1.807) is 0 Å². The van der Waals surface area contributed by atoms with E-state index in [0.29, 0.717) is 11.3 Å². The third-order valence-corrected chi connectivity index (χ3v) is 3.41. The molecule has 0 fully saturated rings. The van der Waals surface area contributed by atoms with E-state index in [-0.39, 0.29) is 0 Å². The minimum Gasteiger partial charge on any atom is -0.380 e. The van der Waals surface area contributed by atoms with Crippen molar-refractivity contribution in [3.8, 4) is 0 Å². The van der Waals surface area contributed by atoms with Gasteiger partial charge in [0.25, 0.3) is 0 Å². The predicted octanol–water partition coefficient (Wildman–Crippen LogP) is 3.32. The fraction of sp³-hybridized carbons (Fsp3) is 1.00. The van der Waals surface area contributed by atoms with Crippen molar-refractivity contribution in [3.05, 3.63) is 0 Å². The van der Waals surface area contributed by atoms with Gasteiger partial charge in [0.1, 0.15) is 0 Å². The molecule has 2 nitrogen and oxygen atoms in total. The van der Waals surface area contributed by atoms with Crippen molar-refractivity contribution in [2.24, 2.45) is 17.3 Å². The molecule has 0 rings (SSSR count). The molecule has 0 heterocycles. The highest BCUT2D eigenvalue weighted by atomic mass is 16.5. The summed E-state index contributed by atoms with van der Waals surface area (Å²) in [5, 5.41) is 3.47. The van der Waals surface area contributed by atoms with Crippen molar-refractivity contribution in [1.29, 1.82) is 0 Å². The fourth-order valence-electron chi connectivity index (χ4n) is 1.18. The molecule has 98 valence electrons. The van der Waals surface area contributed by atoms with E-state index in [4.69, 9.17) is 4.74 Å². The standard InChI is InChI=1S/C14H31NO/c1-12(2)7-9-16-10-8-15-11-14(5,6)13(3)4/h12-13,15H,7-11H2,1-6H3. The molecule has 0 saturated carbocycles. The Morgan fingerprint density at radius 1 is 1.06 bits per heavy atom. The third-order valence-electron chi connectivity index (χ3n) is 3.41. The quantitative estimate of drug-likeness (QED) is 0.612. The molecule has 0 bridgehead atoms. The summed E-state index contributed by atoms with van der Waals surface area (Å²) in [5.74, 6) is 1.45. The largest absolute Gasteiger partial charge is 0.380 e. The van der Waals surface area contributed by atoms with Crippen LogP contribution >= 0.6 is 0 Å². The van der Waals surface area contributed by atoms with Crippen LogP contribution < -0.4 is 5.32 Å². The van der Waals surface area contributed by atoms with Gasteiger partial charge in [-0.15, -0.1) is 0 Å². The molecule has 1 N–H and O–H groups in total. The van der Waals surface area contributed by atoms with Gasteiger partial charge in [-0.25, -0.2) is 0 Å². The summed E-state index contributed by atoms with van der Waals surface area (Å²) < 4.78 is 5.56. The van der Waals surface area contributed by atoms with E-state index >= 15 is 0 Å². The van der Waals surface area contributed by atoms with Crippen LogP contribution in [0.3, 0.4) is 0 Å². The maximum atomic E-state index is 5.56. The molecule has 0 amide bonds. The Balaban J connectivity index is 3.34. The molecule has 0 radical (unpaired) electrons. The molecule has 2 heteroatoms. The third kappa shape index (κ3) is 8.12. The second kappa shape index (κ2) is 8.08. The maximum absolute atomic E-state index is 5.56. The second-order valence-corrected chi connectivity index (χ2v) is 6.11. The van der Waals surface area contributed by atoms with Crippen LogP contribution in [0.1, 0.15) is 48.0 Å². The Hall–Kier alpha value is -0.0800. The number of nitrogens with one attached hydrogen (secondary N) is 1. The SMILES string of the molecule is CC(C)CCOCCNCC(C)(C)C(C)C. The fourth-order valence-corrected chi connectivity index (χ4v) is 1.18. The van der Waals surface area contributed by atoms with Gasteiger partial charge < -0.3 is 10.1 Å². The number of rotatable bonds is 9. The summed E-state index contributed by atoms with van der Waals surface area (Å²) in [6, 6.07) is 0. The van der Waals surface area contributed by atoms with Crippen LogP contribution in [0.15, 0.2) is 0 Å². The zero-order valence-electron chi connectivity index (χ0n) is 12.1. The summed E-state index contributed by atoms with van der Waals surface area (Å²) in [7, 11) is 0. The minimum absolute atomic E-state index is 0.373. The molecule has 0 aliphatic rings. The van der Waals surface area contributed by atoms with Crippen LogP contribution in [0, 0.1) is 17.3 Å². The lowest BCUT2D eigenvalue weighted by Gasteiger charge is -2.29. The molecule has 0 aromatic carbocycles. The Kier molecular flexibility index (Phi) is 8.04. The van der Waals surface area contributed by atoms with E-state index in [1.165, 1.54) is 0 Å². The molecule has 0 aromatic rings. The van der Waals surface area contributed by atoms with Crippen LogP contribution in [0.25, 0.3) is 0 Å². The molecule has 0 aliphatic heterocycles. The summed E-state index contributed by atoms with van der Waals surface area (Å²) in [4.78, 5) is 0. The molecule has 0 spiro atoms. The average Bonchev–Trinajstić information content (AvgIpc) is 2.15. The van der Waals surface area contributed by atoms with Crippen LogP contribution in [0.2, 0.25) is 0 Å². The van der Waals surface area contributed by atoms with Crippen LogP contribution in [0.5, 0.6) is 0 Å². The number of hydrogen-bond donors (Lipinski definition) is 1. The lowest BCUT2D eigenvalue weighted by atomic mass is 9.81. The Labute approximate surface area is 102 Å². The normalized spacial score (nSPS) is 12.8. The highest BCUT2D eigenvalue weighted by molar-refractivity contribution is 4.74. The second-order valence-electron chi connectivity index (χ2n) is 6.11. The first-order valence-corrected chi connectivity index (χ1v) is 6.64. The number of ether oxygens (including phenoxy) is 1. The van der Waals surface area contributed by atoms with Gasteiger partial charge in [0.2, 0.25) is 0 Å². The van der Waals surface area contributed by atoms with Crippen LogP contribution in [-0.4, -0.2) is 26.3 Å². The van der Waals surface area contributed by atoms with E-state index in [9.17, 15) is 0 Å². The monoisotopic (exact) mass is 229 g/mol. The first-order chi connectivity index (χ1) is 7.36. The summed E-state index contributed by atoms with van der Waals surface area (Å²) in [6.45, 7) is 17.4. The van der Waals surface area contributed by atoms with Gasteiger partial charge in [-0.3, -0.25) is 0 Å². The summed E-state index contributed by atoms with van der Waals surface area (Å²) in [6.07, 6.45) is 1.16. The van der Waals surface area contributed by atoms with Gasteiger partial charge >= 0.3 is 0 Å². The van der Waals surface area contributed by atoms with Crippen LogP contribution in [0.4, 0.5) is 0 Å². The number of hydrogen-bond acceptors (Lipinski definition) is 2.